The lowest BCUT2D eigenvalue weighted by atomic mass is 9.86. The molecule has 0 aliphatic carbocycles. The maximum atomic E-state index is 13.3. The molecule has 2 aromatic rings. The van der Waals surface area contributed by atoms with E-state index in [1.807, 2.05) is 69.3 Å². The summed E-state index contributed by atoms with van der Waals surface area (Å²) in [5.74, 6) is 0.320. The first-order chi connectivity index (χ1) is 15.0. The number of para-hydroxylation sites is 1. The zero-order chi connectivity index (χ0) is 23.9. The minimum atomic E-state index is -0.613. The van der Waals surface area contributed by atoms with E-state index in [1.165, 1.54) is 0 Å². The Morgan fingerprint density at radius 1 is 1.03 bits per heavy atom. The number of aryl methyl sites for hydroxylation is 1. The average Bonchev–Trinajstić information content (AvgIpc) is 2.75. The summed E-state index contributed by atoms with van der Waals surface area (Å²) < 4.78 is 5.98. The molecule has 5 heteroatoms. The highest BCUT2D eigenvalue weighted by molar-refractivity contribution is 5.88. The van der Waals surface area contributed by atoms with Crippen LogP contribution in [-0.2, 0) is 21.5 Å². The molecule has 0 saturated heterocycles. The van der Waals surface area contributed by atoms with Gasteiger partial charge in [-0.2, -0.15) is 0 Å². The molecule has 0 bridgehead atoms. The Kier molecular flexibility index (Phi) is 8.88. The molecule has 0 aromatic heterocycles. The second kappa shape index (κ2) is 11.2. The first kappa shape index (κ1) is 25.4. The van der Waals surface area contributed by atoms with Crippen LogP contribution in [0.3, 0.4) is 0 Å². The van der Waals surface area contributed by atoms with Crippen LogP contribution in [0, 0.1) is 6.92 Å². The van der Waals surface area contributed by atoms with Gasteiger partial charge >= 0.3 is 0 Å². The molecule has 0 unspecified atom stereocenters. The van der Waals surface area contributed by atoms with Gasteiger partial charge in [0.15, 0.2) is 6.61 Å². The fourth-order valence-electron chi connectivity index (χ4n) is 3.45. The molecule has 2 rings (SSSR count). The Balaban J connectivity index is 2.24. The van der Waals surface area contributed by atoms with Gasteiger partial charge in [0.1, 0.15) is 11.8 Å². The molecule has 0 spiro atoms. The topological polar surface area (TPSA) is 58.6 Å². The molecule has 0 radical (unpaired) electrons. The fourth-order valence-corrected chi connectivity index (χ4v) is 3.45. The maximum absolute atomic E-state index is 13.3. The smallest absolute Gasteiger partial charge is 0.261 e. The highest BCUT2D eigenvalue weighted by Gasteiger charge is 2.28. The predicted molar refractivity (Wildman–Crippen MR) is 130 cm³/mol. The minimum absolute atomic E-state index is 0.0512. The van der Waals surface area contributed by atoms with E-state index in [4.69, 9.17) is 4.74 Å². The lowest BCUT2D eigenvalue weighted by Gasteiger charge is -2.30. The molecule has 1 N–H and O–H groups in total. The van der Waals surface area contributed by atoms with Crippen molar-refractivity contribution >= 4 is 11.8 Å². The summed E-state index contributed by atoms with van der Waals surface area (Å²) in [6, 6.07) is 15.1. The van der Waals surface area contributed by atoms with E-state index in [2.05, 4.69) is 26.1 Å². The second-order valence-corrected chi connectivity index (χ2v) is 9.48. The van der Waals surface area contributed by atoms with Crippen molar-refractivity contribution in [3.63, 3.8) is 0 Å². The number of hydrogen-bond donors (Lipinski definition) is 1. The number of nitrogens with one attached hydrogen (secondary N) is 1. The van der Waals surface area contributed by atoms with Gasteiger partial charge in [-0.3, -0.25) is 9.59 Å². The maximum Gasteiger partial charge on any atom is 0.261 e. The third kappa shape index (κ3) is 6.84. The van der Waals surface area contributed by atoms with Gasteiger partial charge in [0.2, 0.25) is 5.91 Å². The molecule has 5 nitrogen and oxygen atoms in total. The third-order valence-corrected chi connectivity index (χ3v) is 5.82. The van der Waals surface area contributed by atoms with Gasteiger partial charge in [0, 0.05) is 12.6 Å². The number of benzene rings is 2. The molecular weight excluding hydrogens is 400 g/mol. The zero-order valence-corrected chi connectivity index (χ0v) is 20.6. The van der Waals surface area contributed by atoms with Gasteiger partial charge < -0.3 is 15.0 Å². The van der Waals surface area contributed by atoms with Gasteiger partial charge in [0.05, 0.1) is 0 Å². The van der Waals surface area contributed by atoms with Gasteiger partial charge in [-0.25, -0.2) is 0 Å². The van der Waals surface area contributed by atoms with Crippen molar-refractivity contribution < 1.29 is 14.3 Å². The second-order valence-electron chi connectivity index (χ2n) is 9.48. The van der Waals surface area contributed by atoms with Crippen LogP contribution >= 0.6 is 0 Å². The van der Waals surface area contributed by atoms with Crippen molar-refractivity contribution in [2.24, 2.45) is 0 Å². The number of hydrogen-bond acceptors (Lipinski definition) is 3. The van der Waals surface area contributed by atoms with E-state index in [9.17, 15) is 9.59 Å². The van der Waals surface area contributed by atoms with Crippen molar-refractivity contribution in [3.8, 4) is 5.75 Å². The molecule has 2 amide bonds. The van der Waals surface area contributed by atoms with Crippen molar-refractivity contribution in [1.29, 1.82) is 0 Å². The highest BCUT2D eigenvalue weighted by atomic mass is 16.5. The number of carbonyl (C=O) groups excluding carboxylic acids is 2. The molecule has 0 aliphatic rings. The number of rotatable bonds is 9. The average molecular weight is 439 g/mol. The van der Waals surface area contributed by atoms with Crippen LogP contribution in [-0.4, -0.2) is 35.4 Å². The summed E-state index contributed by atoms with van der Waals surface area (Å²) in [6.45, 7) is 14.3. The van der Waals surface area contributed by atoms with Crippen LogP contribution in [0.5, 0.6) is 5.75 Å². The van der Waals surface area contributed by atoms with Crippen LogP contribution in [0.25, 0.3) is 0 Å². The van der Waals surface area contributed by atoms with E-state index < -0.39 is 6.04 Å². The van der Waals surface area contributed by atoms with Crippen LogP contribution < -0.4 is 10.1 Å². The number of carbonyl (C=O) groups is 2. The molecule has 174 valence electrons. The largest absolute Gasteiger partial charge is 0.483 e. The Bertz CT molecular complexity index is 917. The summed E-state index contributed by atoms with van der Waals surface area (Å²) in [5, 5.41) is 2.99. The SMILES string of the molecule is CC[C@@H](C)NC(=O)[C@H](C)N(Cc1ccccc1C)C(=O)COc1ccccc1C(C)(C)C. The highest BCUT2D eigenvalue weighted by Crippen LogP contribution is 2.31. The van der Waals surface area contributed by atoms with E-state index in [1.54, 1.807) is 11.8 Å². The van der Waals surface area contributed by atoms with Gasteiger partial charge in [0.25, 0.3) is 5.91 Å². The number of ether oxygens (including phenoxy) is 1. The number of nitrogens with zero attached hydrogens (tertiary/aromatic N) is 1. The molecule has 2 aromatic carbocycles. The normalized spacial score (nSPS) is 13.2. The molecule has 0 heterocycles. The quantitative estimate of drug-likeness (QED) is 0.599. The molecule has 2 atom stereocenters. The Morgan fingerprint density at radius 2 is 1.66 bits per heavy atom. The Morgan fingerprint density at radius 3 is 2.28 bits per heavy atom. The van der Waals surface area contributed by atoms with Crippen LogP contribution in [0.2, 0.25) is 0 Å². The fraction of sp³-hybridized carbons (Fsp3) is 0.481. The van der Waals surface area contributed by atoms with Crippen molar-refractivity contribution in [3.05, 3.63) is 65.2 Å². The number of amides is 2. The van der Waals surface area contributed by atoms with Crippen molar-refractivity contribution in [1.82, 2.24) is 10.2 Å². The van der Waals surface area contributed by atoms with Crippen molar-refractivity contribution in [2.45, 2.75) is 78.9 Å². The lowest BCUT2D eigenvalue weighted by Crippen LogP contribution is -2.50. The monoisotopic (exact) mass is 438 g/mol. The summed E-state index contributed by atoms with van der Waals surface area (Å²) in [5.41, 5.74) is 3.03. The first-order valence-electron chi connectivity index (χ1n) is 11.4. The first-order valence-corrected chi connectivity index (χ1v) is 11.4. The third-order valence-electron chi connectivity index (χ3n) is 5.82. The summed E-state index contributed by atoms with van der Waals surface area (Å²) in [7, 11) is 0. The minimum Gasteiger partial charge on any atom is -0.483 e. The van der Waals surface area contributed by atoms with E-state index in [0.717, 1.165) is 23.1 Å². The van der Waals surface area contributed by atoms with Crippen molar-refractivity contribution in [2.75, 3.05) is 6.61 Å². The van der Waals surface area contributed by atoms with Gasteiger partial charge in [-0.05, 0) is 55.4 Å². The predicted octanol–water partition coefficient (Wildman–Crippen LogP) is 5.00. The summed E-state index contributed by atoms with van der Waals surface area (Å²) in [4.78, 5) is 27.8. The molecule has 0 saturated carbocycles. The Hall–Kier alpha value is -2.82. The van der Waals surface area contributed by atoms with Gasteiger partial charge in [-0.1, -0.05) is 70.2 Å². The van der Waals surface area contributed by atoms with Crippen LogP contribution in [0.15, 0.2) is 48.5 Å². The standard InChI is InChI=1S/C27H38N2O3/c1-8-20(3)28-26(31)21(4)29(17-22-14-10-9-13-19(22)2)25(30)18-32-24-16-12-11-15-23(24)27(5,6)7/h9-16,20-21H,8,17-18H2,1-7H3,(H,28,31)/t20-,21+/m1/s1. The molecular formula is C27H38N2O3. The Labute approximate surface area is 193 Å². The van der Waals surface area contributed by atoms with Crippen LogP contribution in [0.1, 0.15) is 64.7 Å². The van der Waals surface area contributed by atoms with E-state index in [-0.39, 0.29) is 29.9 Å². The van der Waals surface area contributed by atoms with E-state index in [0.29, 0.717) is 12.3 Å². The summed E-state index contributed by atoms with van der Waals surface area (Å²) >= 11 is 0. The molecule has 32 heavy (non-hydrogen) atoms. The van der Waals surface area contributed by atoms with E-state index >= 15 is 0 Å². The molecule has 0 aliphatic heterocycles. The van der Waals surface area contributed by atoms with Crippen LogP contribution in [0.4, 0.5) is 0 Å². The zero-order valence-electron chi connectivity index (χ0n) is 20.6. The van der Waals surface area contributed by atoms with Gasteiger partial charge in [-0.15, -0.1) is 0 Å². The molecule has 0 fully saturated rings. The lowest BCUT2D eigenvalue weighted by molar-refractivity contribution is -0.142. The summed E-state index contributed by atoms with van der Waals surface area (Å²) in [6.07, 6.45) is 0.830.